The lowest BCUT2D eigenvalue weighted by Gasteiger charge is -2.09. The number of anilines is 1. The first kappa shape index (κ1) is 15.0. The van der Waals surface area contributed by atoms with Gasteiger partial charge in [0.2, 0.25) is 0 Å². The fourth-order valence-corrected chi connectivity index (χ4v) is 1.75. The Balaban J connectivity index is 1.95. The van der Waals surface area contributed by atoms with Gasteiger partial charge in [0.25, 0.3) is 0 Å². The Labute approximate surface area is 119 Å². The molecule has 3 nitrogen and oxygen atoms in total. The van der Waals surface area contributed by atoms with Gasteiger partial charge in [0.05, 0.1) is 5.56 Å². The maximum Gasteiger partial charge on any atom is 0.416 e. The number of hydrogen-bond donors (Lipinski definition) is 1. The first-order valence-electron chi connectivity index (χ1n) is 6.27. The second-order valence-electron chi connectivity index (χ2n) is 4.47. The van der Waals surface area contributed by atoms with Crippen molar-refractivity contribution in [1.82, 2.24) is 4.98 Å². The second-order valence-corrected chi connectivity index (χ2v) is 4.47. The van der Waals surface area contributed by atoms with Crippen LogP contribution in [0.15, 0.2) is 42.6 Å². The molecule has 2 aromatic rings. The highest BCUT2D eigenvalue weighted by Gasteiger charge is 2.29. The average molecular weight is 294 g/mol. The third-order valence-electron chi connectivity index (χ3n) is 2.90. The zero-order valence-corrected chi connectivity index (χ0v) is 11.0. The molecule has 0 saturated carbocycles. The first-order chi connectivity index (χ1) is 9.99. The summed E-state index contributed by atoms with van der Waals surface area (Å²) in [5.74, 6) is 0.601. The molecule has 1 heterocycles. The summed E-state index contributed by atoms with van der Waals surface area (Å²) >= 11 is 0. The van der Waals surface area contributed by atoms with Crippen LogP contribution in [0, 0.1) is 0 Å². The number of hydrogen-bond acceptors (Lipinski definition) is 3. The number of nitrogens with zero attached hydrogens (tertiary/aromatic N) is 1. The van der Waals surface area contributed by atoms with Crippen molar-refractivity contribution < 1.29 is 18.0 Å². The Kier molecular flexibility index (Phi) is 4.57. The maximum absolute atomic E-state index is 12.4. The summed E-state index contributed by atoms with van der Waals surface area (Å²) in [4.78, 5) is 14.5. The van der Waals surface area contributed by atoms with E-state index < -0.39 is 11.7 Å². The molecule has 0 amide bonds. The Morgan fingerprint density at radius 3 is 2.24 bits per heavy atom. The minimum Gasteiger partial charge on any atom is -0.366 e. The van der Waals surface area contributed by atoms with Crippen molar-refractivity contribution in [2.45, 2.75) is 19.1 Å². The summed E-state index contributed by atoms with van der Waals surface area (Å²) in [6.07, 6.45) is -1.62. The summed E-state index contributed by atoms with van der Waals surface area (Å²) in [6.45, 7) is 0.373. The maximum atomic E-state index is 12.4. The highest BCUT2D eigenvalue weighted by atomic mass is 19.4. The number of aromatic nitrogens is 1. The lowest BCUT2D eigenvalue weighted by atomic mass is 10.1. The van der Waals surface area contributed by atoms with Gasteiger partial charge in [0.1, 0.15) is 12.1 Å². The number of halogens is 3. The summed E-state index contributed by atoms with van der Waals surface area (Å²) in [7, 11) is 0. The predicted octanol–water partition coefficient (Wildman–Crippen LogP) is 3.45. The van der Waals surface area contributed by atoms with E-state index in [0.717, 1.165) is 29.5 Å². The van der Waals surface area contributed by atoms with Gasteiger partial charge in [-0.2, -0.15) is 13.2 Å². The number of aldehydes is 1. The molecule has 1 aromatic heterocycles. The van der Waals surface area contributed by atoms with Crippen molar-refractivity contribution in [2.24, 2.45) is 0 Å². The van der Waals surface area contributed by atoms with E-state index in [1.54, 1.807) is 18.3 Å². The molecule has 0 fully saturated rings. The van der Waals surface area contributed by atoms with Gasteiger partial charge in [0, 0.05) is 19.2 Å². The van der Waals surface area contributed by atoms with Crippen LogP contribution >= 0.6 is 0 Å². The molecular weight excluding hydrogens is 281 g/mol. The molecule has 0 unspecified atom stereocenters. The number of nitrogens with one attached hydrogen (secondary N) is 1. The highest BCUT2D eigenvalue weighted by Crippen LogP contribution is 2.29. The number of rotatable bonds is 5. The Morgan fingerprint density at radius 2 is 1.71 bits per heavy atom. The molecular formula is C15H13F3N2O. The van der Waals surface area contributed by atoms with Crippen LogP contribution in [0.1, 0.15) is 16.7 Å². The third-order valence-corrected chi connectivity index (χ3v) is 2.90. The van der Waals surface area contributed by atoms with Crippen molar-refractivity contribution in [3.8, 4) is 0 Å². The lowest BCUT2D eigenvalue weighted by Crippen LogP contribution is -2.06. The van der Waals surface area contributed by atoms with Crippen LogP contribution in [0.4, 0.5) is 19.0 Å². The molecule has 0 radical (unpaired) electrons. The van der Waals surface area contributed by atoms with E-state index in [9.17, 15) is 18.0 Å². The predicted molar refractivity (Wildman–Crippen MR) is 72.8 cm³/mol. The molecule has 0 bridgehead atoms. The normalized spacial score (nSPS) is 11.2. The van der Waals surface area contributed by atoms with E-state index in [0.29, 0.717) is 18.8 Å². The van der Waals surface area contributed by atoms with Crippen molar-refractivity contribution in [3.05, 3.63) is 59.3 Å². The fourth-order valence-electron chi connectivity index (χ4n) is 1.75. The molecule has 21 heavy (non-hydrogen) atoms. The molecule has 6 heteroatoms. The van der Waals surface area contributed by atoms with Crippen LogP contribution in [0.25, 0.3) is 0 Å². The Bertz CT molecular complexity index is 592. The monoisotopic (exact) mass is 294 g/mol. The minimum absolute atomic E-state index is 0.312. The van der Waals surface area contributed by atoms with Crippen molar-refractivity contribution in [1.29, 1.82) is 0 Å². The number of alkyl halides is 3. The molecule has 0 aliphatic heterocycles. The molecule has 110 valence electrons. The average Bonchev–Trinajstić information content (AvgIpc) is 2.46. The molecule has 0 aliphatic carbocycles. The molecule has 0 aliphatic rings. The van der Waals surface area contributed by atoms with Gasteiger partial charge >= 0.3 is 6.18 Å². The molecule has 0 saturated heterocycles. The van der Waals surface area contributed by atoms with Crippen LogP contribution in [0.2, 0.25) is 0 Å². The van der Waals surface area contributed by atoms with Crippen LogP contribution in [0.5, 0.6) is 0 Å². The van der Waals surface area contributed by atoms with Gasteiger partial charge in [-0.05, 0) is 29.3 Å². The smallest absolute Gasteiger partial charge is 0.366 e. The SMILES string of the molecule is O=CCc1ccc(NCc2ccc(C(F)(F)F)cc2)nc1. The third kappa shape index (κ3) is 4.30. The number of benzene rings is 1. The largest absolute Gasteiger partial charge is 0.416 e. The van der Waals surface area contributed by atoms with Gasteiger partial charge < -0.3 is 10.1 Å². The van der Waals surface area contributed by atoms with E-state index in [1.807, 2.05) is 0 Å². The standard InChI is InChI=1S/C15H13F3N2O/c16-15(17,18)13-4-1-11(2-5-13)9-19-14-6-3-12(7-8-21)10-20-14/h1-6,8,10H,7,9H2,(H,19,20). The van der Waals surface area contributed by atoms with Gasteiger partial charge in [0.15, 0.2) is 0 Å². The zero-order chi connectivity index (χ0) is 15.3. The summed E-state index contributed by atoms with van der Waals surface area (Å²) in [5, 5.41) is 3.01. The number of carbonyl (C=O) groups excluding carboxylic acids is 1. The minimum atomic E-state index is -4.32. The van der Waals surface area contributed by atoms with Crippen LogP contribution in [-0.2, 0) is 23.9 Å². The van der Waals surface area contributed by atoms with Crippen molar-refractivity contribution in [3.63, 3.8) is 0 Å². The van der Waals surface area contributed by atoms with E-state index in [-0.39, 0.29) is 0 Å². The van der Waals surface area contributed by atoms with Gasteiger partial charge in [-0.25, -0.2) is 4.98 Å². The van der Waals surface area contributed by atoms with Gasteiger partial charge in [-0.15, -0.1) is 0 Å². The van der Waals surface area contributed by atoms with Gasteiger partial charge in [-0.3, -0.25) is 0 Å². The van der Waals surface area contributed by atoms with Crippen molar-refractivity contribution >= 4 is 12.1 Å². The van der Waals surface area contributed by atoms with Crippen LogP contribution in [0.3, 0.4) is 0 Å². The molecule has 0 spiro atoms. The van der Waals surface area contributed by atoms with E-state index in [4.69, 9.17) is 0 Å². The van der Waals surface area contributed by atoms with Crippen LogP contribution in [-0.4, -0.2) is 11.3 Å². The van der Waals surface area contributed by atoms with E-state index in [1.165, 1.54) is 12.1 Å². The quantitative estimate of drug-likeness (QED) is 0.859. The van der Waals surface area contributed by atoms with Gasteiger partial charge in [-0.1, -0.05) is 18.2 Å². The van der Waals surface area contributed by atoms with E-state index in [2.05, 4.69) is 10.3 Å². The Hall–Kier alpha value is -2.37. The highest BCUT2D eigenvalue weighted by molar-refractivity contribution is 5.55. The van der Waals surface area contributed by atoms with Crippen LogP contribution < -0.4 is 5.32 Å². The number of pyridine rings is 1. The summed E-state index contributed by atoms with van der Waals surface area (Å²) in [5.41, 5.74) is 0.870. The molecule has 2 rings (SSSR count). The lowest BCUT2D eigenvalue weighted by molar-refractivity contribution is -0.137. The number of carbonyl (C=O) groups is 1. The molecule has 0 atom stereocenters. The van der Waals surface area contributed by atoms with Crippen molar-refractivity contribution in [2.75, 3.05) is 5.32 Å². The topological polar surface area (TPSA) is 42.0 Å². The first-order valence-corrected chi connectivity index (χ1v) is 6.27. The molecule has 1 N–H and O–H groups in total. The fraction of sp³-hybridized carbons (Fsp3) is 0.200. The summed E-state index contributed by atoms with van der Waals surface area (Å²) < 4.78 is 37.3. The molecule has 1 aromatic carbocycles. The Morgan fingerprint density at radius 1 is 1.05 bits per heavy atom. The second kappa shape index (κ2) is 6.39. The van der Waals surface area contributed by atoms with E-state index >= 15 is 0 Å². The summed E-state index contributed by atoms with van der Waals surface area (Å²) in [6, 6.07) is 8.46. The zero-order valence-electron chi connectivity index (χ0n) is 11.0.